The highest BCUT2D eigenvalue weighted by molar-refractivity contribution is 5.80. The third-order valence-corrected chi connectivity index (χ3v) is 5.33. The number of likely N-dealkylation sites (tertiary alicyclic amines) is 1. The zero-order valence-electron chi connectivity index (χ0n) is 15.8. The summed E-state index contributed by atoms with van der Waals surface area (Å²) in [5.74, 6) is 0.630. The molecule has 2 atom stereocenters. The summed E-state index contributed by atoms with van der Waals surface area (Å²) in [5, 5.41) is 18.7. The largest absolute Gasteiger partial charge is 0.395 e. The van der Waals surface area contributed by atoms with Gasteiger partial charge in [-0.15, -0.1) is 0 Å². The van der Waals surface area contributed by atoms with Crippen LogP contribution >= 0.6 is 0 Å². The number of aromatic nitrogens is 3. The molecule has 0 unspecified atom stereocenters. The molecule has 2 aromatic rings. The van der Waals surface area contributed by atoms with Crippen LogP contribution in [-0.2, 0) is 11.3 Å². The molecule has 1 aliphatic rings. The second-order valence-electron chi connectivity index (χ2n) is 7.10. The molecule has 3 N–H and O–H groups in total. The van der Waals surface area contributed by atoms with E-state index in [1.807, 2.05) is 15.5 Å². The molecular weight excluding hydrogens is 346 g/mol. The number of aliphatic hydroxyl groups is 1. The van der Waals surface area contributed by atoms with Crippen LogP contribution in [0.3, 0.4) is 0 Å². The number of carbonyl (C=O) groups is 1. The molecule has 3 rings (SSSR count). The molecule has 27 heavy (non-hydrogen) atoms. The second-order valence-corrected chi connectivity index (χ2v) is 7.10. The molecule has 8 heteroatoms. The van der Waals surface area contributed by atoms with Crippen molar-refractivity contribution in [2.75, 3.05) is 19.7 Å². The fraction of sp³-hybridized carbons (Fsp3) is 0.632. The van der Waals surface area contributed by atoms with Gasteiger partial charge in [0.25, 0.3) is 0 Å². The van der Waals surface area contributed by atoms with E-state index in [-0.39, 0.29) is 31.0 Å². The van der Waals surface area contributed by atoms with E-state index < -0.39 is 0 Å². The fourth-order valence-electron chi connectivity index (χ4n) is 3.98. The minimum absolute atomic E-state index is 0.00157. The lowest BCUT2D eigenvalue weighted by Crippen LogP contribution is -2.40. The SMILES string of the molecule is CCCC[C@H](CNO)C(=O)N1CCC[C@H]1c1nc2ccncc2n1CCO. The third-order valence-electron chi connectivity index (χ3n) is 5.33. The van der Waals surface area contributed by atoms with E-state index in [0.29, 0.717) is 13.1 Å². The smallest absolute Gasteiger partial charge is 0.227 e. The Balaban J connectivity index is 1.90. The van der Waals surface area contributed by atoms with E-state index >= 15 is 0 Å². The predicted octanol–water partition coefficient (Wildman–Crippen LogP) is 1.87. The summed E-state index contributed by atoms with van der Waals surface area (Å²) in [5.41, 5.74) is 3.88. The lowest BCUT2D eigenvalue weighted by Gasteiger charge is -2.29. The minimum Gasteiger partial charge on any atom is -0.395 e. The zero-order chi connectivity index (χ0) is 19.2. The van der Waals surface area contributed by atoms with Crippen LogP contribution in [-0.4, -0.2) is 55.4 Å². The number of amides is 1. The van der Waals surface area contributed by atoms with E-state index in [1.165, 1.54) is 0 Å². The van der Waals surface area contributed by atoms with Crippen LogP contribution in [0.2, 0.25) is 0 Å². The van der Waals surface area contributed by atoms with Crippen LogP contribution in [0.25, 0.3) is 11.0 Å². The number of imidazole rings is 1. The molecule has 0 spiro atoms. The zero-order valence-corrected chi connectivity index (χ0v) is 15.8. The first-order valence-electron chi connectivity index (χ1n) is 9.79. The van der Waals surface area contributed by atoms with Gasteiger partial charge in [-0.05, 0) is 25.3 Å². The quantitative estimate of drug-likeness (QED) is 0.578. The number of nitrogens with zero attached hydrogens (tertiary/aromatic N) is 4. The number of unbranched alkanes of at least 4 members (excludes halogenated alkanes) is 1. The van der Waals surface area contributed by atoms with Crippen molar-refractivity contribution < 1.29 is 15.1 Å². The summed E-state index contributed by atoms with van der Waals surface area (Å²) >= 11 is 0. The van der Waals surface area contributed by atoms with Crippen molar-refractivity contribution in [1.82, 2.24) is 24.9 Å². The lowest BCUT2D eigenvalue weighted by atomic mass is 10.00. The van der Waals surface area contributed by atoms with Gasteiger partial charge in [0, 0.05) is 25.8 Å². The first kappa shape index (κ1) is 19.7. The average Bonchev–Trinajstić information content (AvgIpc) is 3.30. The Morgan fingerprint density at radius 1 is 1.48 bits per heavy atom. The summed E-state index contributed by atoms with van der Waals surface area (Å²) < 4.78 is 1.98. The Morgan fingerprint density at radius 3 is 3.07 bits per heavy atom. The molecule has 1 fully saturated rings. The second kappa shape index (κ2) is 9.25. The van der Waals surface area contributed by atoms with E-state index in [1.54, 1.807) is 12.4 Å². The van der Waals surface area contributed by atoms with E-state index in [0.717, 1.165) is 49.0 Å². The maximum absolute atomic E-state index is 13.2. The Labute approximate surface area is 159 Å². The summed E-state index contributed by atoms with van der Waals surface area (Å²) in [6.45, 7) is 3.48. The molecule has 0 saturated carbocycles. The monoisotopic (exact) mass is 375 g/mol. The predicted molar refractivity (Wildman–Crippen MR) is 101 cm³/mol. The standard InChI is InChI=1S/C19H29N5O3/c1-2-3-5-14(12-21-27)19(26)24-9-4-6-16(24)18-22-15-7-8-20-13-17(15)23(18)10-11-25/h7-8,13-14,16,21,25,27H,2-6,9-12H2,1H3/t14-,16+/m1/s1. The average molecular weight is 375 g/mol. The molecule has 8 nitrogen and oxygen atoms in total. The van der Waals surface area contributed by atoms with E-state index in [9.17, 15) is 9.90 Å². The highest BCUT2D eigenvalue weighted by Crippen LogP contribution is 2.34. The highest BCUT2D eigenvalue weighted by Gasteiger charge is 2.36. The molecular formula is C19H29N5O3. The number of hydrogen-bond acceptors (Lipinski definition) is 6. The number of nitrogens with one attached hydrogen (secondary N) is 1. The number of rotatable bonds is 9. The summed E-state index contributed by atoms with van der Waals surface area (Å²) in [6, 6.07) is 1.74. The van der Waals surface area contributed by atoms with Crippen molar-refractivity contribution in [1.29, 1.82) is 0 Å². The molecule has 1 amide bonds. The number of hydrogen-bond donors (Lipinski definition) is 3. The van der Waals surface area contributed by atoms with Crippen LogP contribution < -0.4 is 5.48 Å². The van der Waals surface area contributed by atoms with Crippen molar-refractivity contribution in [2.24, 2.45) is 5.92 Å². The normalized spacial score (nSPS) is 18.3. The third kappa shape index (κ3) is 4.12. The van der Waals surface area contributed by atoms with Gasteiger partial charge < -0.3 is 19.8 Å². The molecule has 3 heterocycles. The van der Waals surface area contributed by atoms with Crippen LogP contribution in [0.4, 0.5) is 0 Å². The van der Waals surface area contributed by atoms with Crippen LogP contribution in [0.5, 0.6) is 0 Å². The summed E-state index contributed by atoms with van der Waals surface area (Å²) in [4.78, 5) is 24.0. The van der Waals surface area contributed by atoms with E-state index in [4.69, 9.17) is 10.2 Å². The van der Waals surface area contributed by atoms with Crippen molar-refractivity contribution in [3.63, 3.8) is 0 Å². The van der Waals surface area contributed by atoms with Gasteiger partial charge in [0.15, 0.2) is 0 Å². The fourth-order valence-corrected chi connectivity index (χ4v) is 3.98. The van der Waals surface area contributed by atoms with Crippen LogP contribution in [0, 0.1) is 5.92 Å². The molecule has 148 valence electrons. The Morgan fingerprint density at radius 2 is 2.33 bits per heavy atom. The first-order chi connectivity index (χ1) is 13.2. The molecule has 1 aliphatic heterocycles. The Hall–Kier alpha value is -2.03. The number of pyridine rings is 1. The maximum Gasteiger partial charge on any atom is 0.227 e. The Kier molecular flexibility index (Phi) is 6.76. The first-order valence-corrected chi connectivity index (χ1v) is 9.79. The van der Waals surface area contributed by atoms with Gasteiger partial charge in [-0.2, -0.15) is 0 Å². The van der Waals surface area contributed by atoms with Crippen LogP contribution in [0.15, 0.2) is 18.5 Å². The van der Waals surface area contributed by atoms with Gasteiger partial charge >= 0.3 is 0 Å². The summed E-state index contributed by atoms with van der Waals surface area (Å²) in [6.07, 6.45) is 7.94. The number of hydroxylamine groups is 1. The maximum atomic E-state index is 13.2. The summed E-state index contributed by atoms with van der Waals surface area (Å²) in [7, 11) is 0. The van der Waals surface area contributed by atoms with Gasteiger partial charge in [-0.1, -0.05) is 19.8 Å². The number of aliphatic hydroxyl groups excluding tert-OH is 1. The van der Waals surface area contributed by atoms with E-state index in [2.05, 4.69) is 17.4 Å². The molecule has 0 radical (unpaired) electrons. The topological polar surface area (TPSA) is 104 Å². The van der Waals surface area contributed by atoms with Gasteiger partial charge in [0.1, 0.15) is 5.82 Å². The number of carbonyl (C=O) groups excluding carboxylic acids is 1. The van der Waals surface area contributed by atoms with Crippen molar-refractivity contribution in [3.8, 4) is 0 Å². The molecule has 0 aliphatic carbocycles. The molecule has 1 saturated heterocycles. The highest BCUT2D eigenvalue weighted by atomic mass is 16.5. The molecule has 0 aromatic carbocycles. The van der Waals surface area contributed by atoms with Gasteiger partial charge in [-0.25, -0.2) is 10.5 Å². The van der Waals surface area contributed by atoms with Crippen molar-refractivity contribution in [3.05, 3.63) is 24.3 Å². The van der Waals surface area contributed by atoms with Gasteiger partial charge in [0.2, 0.25) is 5.91 Å². The van der Waals surface area contributed by atoms with Crippen molar-refractivity contribution >= 4 is 16.9 Å². The lowest BCUT2D eigenvalue weighted by molar-refractivity contribution is -0.137. The Bertz CT molecular complexity index is 763. The number of fused-ring (bicyclic) bond motifs is 1. The molecule has 0 bridgehead atoms. The van der Waals surface area contributed by atoms with Crippen LogP contribution in [0.1, 0.15) is 50.9 Å². The van der Waals surface area contributed by atoms with Gasteiger partial charge in [0.05, 0.1) is 35.8 Å². The van der Waals surface area contributed by atoms with Gasteiger partial charge in [-0.3, -0.25) is 9.78 Å². The van der Waals surface area contributed by atoms with Crippen molar-refractivity contribution in [2.45, 2.75) is 51.6 Å². The molecule has 2 aromatic heterocycles. The minimum atomic E-state index is -0.243.